The molecule has 3 N–H and O–H groups in total. The molecule has 0 heterocycles. The van der Waals surface area contributed by atoms with Crippen LogP contribution >= 0.6 is 0 Å². The third-order valence-electron chi connectivity index (χ3n) is 2.20. The van der Waals surface area contributed by atoms with E-state index in [1.165, 1.54) is 20.8 Å². The maximum Gasteiger partial charge on any atom is 0.314 e. The highest BCUT2D eigenvalue weighted by Crippen LogP contribution is 2.26. The monoisotopic (exact) mass is 162 g/mol. The van der Waals surface area contributed by atoms with Crippen LogP contribution in [0, 0.1) is 5.41 Å². The maximum absolute atomic E-state index is 10.6. The van der Waals surface area contributed by atoms with Gasteiger partial charge in [-0.3, -0.25) is 4.79 Å². The zero-order chi connectivity index (χ0) is 9.23. The lowest BCUT2D eigenvalue weighted by molar-refractivity contribution is -0.163. The Balaban J connectivity index is 4.67. The fourth-order valence-corrected chi connectivity index (χ4v) is 0.706. The fraction of sp³-hybridized carbons (Fsp3) is 0.857. The van der Waals surface area contributed by atoms with Gasteiger partial charge >= 0.3 is 5.97 Å². The number of aliphatic carboxylic acids is 1. The standard InChI is InChI=1S/C7H14O4/c1-4(8)7(3,5(2)9)6(10)11/h4-5,8-9H,1-3H3,(H,10,11). The van der Waals surface area contributed by atoms with E-state index in [4.69, 9.17) is 15.3 Å². The SMILES string of the molecule is CC(O)C(C)(C(=O)O)C(C)O. The molecule has 0 aliphatic heterocycles. The van der Waals surface area contributed by atoms with Crippen LogP contribution < -0.4 is 0 Å². The summed E-state index contributed by atoms with van der Waals surface area (Å²) >= 11 is 0. The summed E-state index contributed by atoms with van der Waals surface area (Å²) in [5.41, 5.74) is -1.47. The van der Waals surface area contributed by atoms with Crippen molar-refractivity contribution < 1.29 is 20.1 Å². The molecular weight excluding hydrogens is 148 g/mol. The number of carbonyl (C=O) groups is 1. The lowest BCUT2D eigenvalue weighted by Gasteiger charge is -2.30. The molecule has 0 fully saturated rings. The van der Waals surface area contributed by atoms with Gasteiger partial charge in [0.2, 0.25) is 0 Å². The Kier molecular flexibility index (Phi) is 3.02. The van der Waals surface area contributed by atoms with Crippen LogP contribution in [0.2, 0.25) is 0 Å². The van der Waals surface area contributed by atoms with E-state index in [2.05, 4.69) is 0 Å². The molecule has 0 saturated carbocycles. The first-order valence-corrected chi connectivity index (χ1v) is 3.43. The fourth-order valence-electron chi connectivity index (χ4n) is 0.706. The topological polar surface area (TPSA) is 77.8 Å². The van der Waals surface area contributed by atoms with Gasteiger partial charge in [-0.25, -0.2) is 0 Å². The normalized spacial score (nSPS) is 21.9. The number of carboxylic acid groups (broad SMARTS) is 1. The largest absolute Gasteiger partial charge is 0.481 e. The van der Waals surface area contributed by atoms with Crippen molar-refractivity contribution >= 4 is 5.97 Å². The van der Waals surface area contributed by atoms with Crippen molar-refractivity contribution in [3.05, 3.63) is 0 Å². The molecule has 0 rings (SSSR count). The van der Waals surface area contributed by atoms with E-state index in [0.717, 1.165) is 0 Å². The van der Waals surface area contributed by atoms with Crippen molar-refractivity contribution in [2.24, 2.45) is 5.41 Å². The highest BCUT2D eigenvalue weighted by atomic mass is 16.4. The van der Waals surface area contributed by atoms with Crippen LogP contribution in [0.5, 0.6) is 0 Å². The van der Waals surface area contributed by atoms with E-state index >= 15 is 0 Å². The minimum atomic E-state index is -1.47. The van der Waals surface area contributed by atoms with Crippen LogP contribution in [0.25, 0.3) is 0 Å². The molecule has 0 spiro atoms. The quantitative estimate of drug-likeness (QED) is 0.538. The summed E-state index contributed by atoms with van der Waals surface area (Å²) in [5.74, 6) is -1.19. The minimum Gasteiger partial charge on any atom is -0.481 e. The van der Waals surface area contributed by atoms with Gasteiger partial charge in [0, 0.05) is 0 Å². The number of hydrogen-bond acceptors (Lipinski definition) is 3. The highest BCUT2D eigenvalue weighted by molar-refractivity contribution is 5.75. The summed E-state index contributed by atoms with van der Waals surface area (Å²) in [7, 11) is 0. The second kappa shape index (κ2) is 3.19. The van der Waals surface area contributed by atoms with E-state index in [9.17, 15) is 4.79 Å². The molecule has 0 bridgehead atoms. The first kappa shape index (κ1) is 10.4. The van der Waals surface area contributed by atoms with Gasteiger partial charge in [0.25, 0.3) is 0 Å². The Morgan fingerprint density at radius 1 is 1.27 bits per heavy atom. The summed E-state index contributed by atoms with van der Waals surface area (Å²) in [4.78, 5) is 10.6. The first-order valence-electron chi connectivity index (χ1n) is 3.43. The summed E-state index contributed by atoms with van der Waals surface area (Å²) in [5, 5.41) is 26.8. The number of aliphatic hydroxyl groups excluding tert-OH is 2. The molecule has 66 valence electrons. The Morgan fingerprint density at radius 2 is 1.55 bits per heavy atom. The van der Waals surface area contributed by atoms with E-state index in [1.54, 1.807) is 0 Å². The van der Waals surface area contributed by atoms with Gasteiger partial charge in [-0.1, -0.05) is 0 Å². The van der Waals surface area contributed by atoms with E-state index in [0.29, 0.717) is 0 Å². The molecule has 0 saturated heterocycles. The van der Waals surface area contributed by atoms with Gasteiger partial charge in [0.05, 0.1) is 12.2 Å². The number of aliphatic hydroxyl groups is 2. The molecule has 4 nitrogen and oxygen atoms in total. The van der Waals surface area contributed by atoms with Crippen LogP contribution in [0.15, 0.2) is 0 Å². The third-order valence-corrected chi connectivity index (χ3v) is 2.20. The Hall–Kier alpha value is -0.610. The Morgan fingerprint density at radius 3 is 1.55 bits per heavy atom. The summed E-state index contributed by atoms with van der Waals surface area (Å²) in [6.45, 7) is 4.01. The van der Waals surface area contributed by atoms with Gasteiger partial charge in [-0.15, -0.1) is 0 Å². The van der Waals surface area contributed by atoms with Crippen LogP contribution in [0.1, 0.15) is 20.8 Å². The second-order valence-electron chi connectivity index (χ2n) is 2.94. The van der Waals surface area contributed by atoms with Crippen LogP contribution in [-0.4, -0.2) is 33.5 Å². The van der Waals surface area contributed by atoms with Crippen molar-refractivity contribution in [2.45, 2.75) is 33.0 Å². The molecule has 11 heavy (non-hydrogen) atoms. The van der Waals surface area contributed by atoms with Crippen molar-refractivity contribution in [1.82, 2.24) is 0 Å². The molecule has 0 radical (unpaired) electrons. The predicted molar refractivity (Wildman–Crippen MR) is 39.1 cm³/mol. The summed E-state index contributed by atoms with van der Waals surface area (Å²) < 4.78 is 0. The number of carboxylic acids is 1. The number of hydrogen-bond donors (Lipinski definition) is 3. The predicted octanol–water partition coefficient (Wildman–Crippen LogP) is -0.161. The highest BCUT2D eigenvalue weighted by Gasteiger charge is 2.42. The second-order valence-corrected chi connectivity index (χ2v) is 2.94. The zero-order valence-corrected chi connectivity index (χ0v) is 6.90. The summed E-state index contributed by atoms with van der Waals surface area (Å²) in [6, 6.07) is 0. The molecular formula is C7H14O4. The molecule has 0 aromatic heterocycles. The van der Waals surface area contributed by atoms with E-state index in [-0.39, 0.29) is 0 Å². The smallest absolute Gasteiger partial charge is 0.314 e. The Labute approximate surface area is 65.5 Å². The minimum absolute atomic E-state index is 1.07. The zero-order valence-electron chi connectivity index (χ0n) is 6.90. The average Bonchev–Trinajstić information content (AvgIpc) is 1.84. The molecule has 0 amide bonds. The van der Waals surface area contributed by atoms with Gasteiger partial charge in [-0.05, 0) is 20.8 Å². The van der Waals surface area contributed by atoms with Crippen LogP contribution in [-0.2, 0) is 4.79 Å². The average molecular weight is 162 g/mol. The number of rotatable bonds is 3. The Bertz CT molecular complexity index is 143. The summed E-state index contributed by atoms with van der Waals surface area (Å²) in [6.07, 6.45) is -2.14. The van der Waals surface area contributed by atoms with Gasteiger partial charge in [-0.2, -0.15) is 0 Å². The molecule has 0 aliphatic rings. The molecule has 2 atom stereocenters. The van der Waals surface area contributed by atoms with Crippen molar-refractivity contribution in [3.63, 3.8) is 0 Å². The van der Waals surface area contributed by atoms with Crippen LogP contribution in [0.4, 0.5) is 0 Å². The van der Waals surface area contributed by atoms with Gasteiger partial charge in [0.1, 0.15) is 5.41 Å². The molecule has 0 aromatic carbocycles. The van der Waals surface area contributed by atoms with Crippen molar-refractivity contribution in [3.8, 4) is 0 Å². The van der Waals surface area contributed by atoms with Gasteiger partial charge in [0.15, 0.2) is 0 Å². The molecule has 0 aromatic rings. The lowest BCUT2D eigenvalue weighted by Crippen LogP contribution is -2.46. The maximum atomic E-state index is 10.6. The first-order chi connectivity index (χ1) is 4.83. The van der Waals surface area contributed by atoms with Crippen molar-refractivity contribution in [1.29, 1.82) is 0 Å². The third kappa shape index (κ3) is 1.70. The van der Waals surface area contributed by atoms with E-state index < -0.39 is 23.6 Å². The van der Waals surface area contributed by atoms with Crippen LogP contribution in [0.3, 0.4) is 0 Å². The molecule has 2 unspecified atom stereocenters. The molecule has 0 aliphatic carbocycles. The van der Waals surface area contributed by atoms with Gasteiger partial charge < -0.3 is 15.3 Å². The van der Waals surface area contributed by atoms with E-state index in [1.807, 2.05) is 0 Å². The van der Waals surface area contributed by atoms with Crippen molar-refractivity contribution in [2.75, 3.05) is 0 Å². The lowest BCUT2D eigenvalue weighted by atomic mass is 9.80. The molecule has 4 heteroatoms.